The quantitative estimate of drug-likeness (QED) is 0.836. The molecule has 17 heavy (non-hydrogen) atoms. The Morgan fingerprint density at radius 3 is 2.59 bits per heavy atom. The minimum absolute atomic E-state index is 0.481. The molecule has 0 bridgehead atoms. The standard InChI is InChI=1S/C15H21NO/c17-15(7-8-15)14-5-3-12(4-6-14)10-13-2-1-9-16-11-13/h3-6,13,16-17H,1-2,7-11H2. The van der Waals surface area contributed by atoms with Crippen LogP contribution in [0.25, 0.3) is 0 Å². The average Bonchev–Trinajstić information content (AvgIpc) is 3.11. The highest BCUT2D eigenvalue weighted by molar-refractivity contribution is 5.30. The number of piperidine rings is 1. The van der Waals surface area contributed by atoms with Gasteiger partial charge in [-0.1, -0.05) is 24.3 Å². The van der Waals surface area contributed by atoms with E-state index in [0.29, 0.717) is 0 Å². The van der Waals surface area contributed by atoms with Gasteiger partial charge in [-0.3, -0.25) is 0 Å². The summed E-state index contributed by atoms with van der Waals surface area (Å²) >= 11 is 0. The monoisotopic (exact) mass is 231 g/mol. The van der Waals surface area contributed by atoms with Crippen LogP contribution in [0.1, 0.15) is 36.8 Å². The lowest BCUT2D eigenvalue weighted by Gasteiger charge is -2.22. The molecule has 0 radical (unpaired) electrons. The zero-order valence-corrected chi connectivity index (χ0v) is 10.3. The van der Waals surface area contributed by atoms with Crippen LogP contribution in [-0.2, 0) is 12.0 Å². The third-order valence-electron chi connectivity index (χ3n) is 4.14. The summed E-state index contributed by atoms with van der Waals surface area (Å²) < 4.78 is 0. The van der Waals surface area contributed by atoms with Crippen molar-refractivity contribution >= 4 is 0 Å². The van der Waals surface area contributed by atoms with Gasteiger partial charge in [-0.25, -0.2) is 0 Å². The molecule has 1 saturated carbocycles. The molecule has 1 aromatic carbocycles. The van der Waals surface area contributed by atoms with Gasteiger partial charge >= 0.3 is 0 Å². The Balaban J connectivity index is 1.63. The first kappa shape index (κ1) is 11.2. The number of aliphatic hydroxyl groups is 1. The molecule has 3 rings (SSSR count). The van der Waals surface area contributed by atoms with E-state index >= 15 is 0 Å². The van der Waals surface area contributed by atoms with Crippen molar-refractivity contribution in [2.45, 2.75) is 37.7 Å². The first-order valence-corrected chi connectivity index (χ1v) is 6.79. The molecule has 1 aliphatic heterocycles. The van der Waals surface area contributed by atoms with E-state index in [1.165, 1.54) is 31.4 Å². The van der Waals surface area contributed by atoms with E-state index in [9.17, 15) is 5.11 Å². The van der Waals surface area contributed by atoms with Gasteiger partial charge in [0.1, 0.15) is 0 Å². The van der Waals surface area contributed by atoms with Gasteiger partial charge in [0, 0.05) is 0 Å². The van der Waals surface area contributed by atoms with Crippen molar-refractivity contribution < 1.29 is 5.11 Å². The highest BCUT2D eigenvalue weighted by Gasteiger charge is 2.41. The molecule has 1 atom stereocenters. The second-order valence-electron chi connectivity index (χ2n) is 5.65. The minimum Gasteiger partial charge on any atom is -0.385 e. The average molecular weight is 231 g/mol. The molecule has 0 aromatic heterocycles. The Hall–Kier alpha value is -0.860. The molecule has 92 valence electrons. The van der Waals surface area contributed by atoms with E-state index in [4.69, 9.17) is 0 Å². The van der Waals surface area contributed by atoms with Gasteiger partial charge in [0.05, 0.1) is 5.60 Å². The first-order valence-electron chi connectivity index (χ1n) is 6.79. The maximum absolute atomic E-state index is 10.0. The Kier molecular flexibility index (Phi) is 2.93. The van der Waals surface area contributed by atoms with E-state index in [0.717, 1.165) is 30.9 Å². The number of benzene rings is 1. The molecule has 2 fully saturated rings. The Morgan fingerprint density at radius 1 is 1.24 bits per heavy atom. The smallest absolute Gasteiger partial charge is 0.0899 e. The molecule has 1 aromatic rings. The largest absolute Gasteiger partial charge is 0.385 e. The summed E-state index contributed by atoms with van der Waals surface area (Å²) in [5.41, 5.74) is 2.03. The van der Waals surface area contributed by atoms with Crippen LogP contribution in [0.2, 0.25) is 0 Å². The molecular formula is C15H21NO. The third-order valence-corrected chi connectivity index (χ3v) is 4.14. The van der Waals surface area contributed by atoms with E-state index in [1.807, 2.05) is 0 Å². The molecule has 1 aliphatic carbocycles. The molecule has 2 aliphatic rings. The second-order valence-corrected chi connectivity index (χ2v) is 5.65. The maximum Gasteiger partial charge on any atom is 0.0899 e. The SMILES string of the molecule is OC1(c2ccc(CC3CCCNC3)cc2)CC1. The molecule has 2 N–H and O–H groups in total. The number of hydrogen-bond donors (Lipinski definition) is 2. The summed E-state index contributed by atoms with van der Waals surface area (Å²) in [5.74, 6) is 0.790. The van der Waals surface area contributed by atoms with Crippen LogP contribution in [0.3, 0.4) is 0 Å². The van der Waals surface area contributed by atoms with Crippen molar-refractivity contribution in [1.82, 2.24) is 5.32 Å². The van der Waals surface area contributed by atoms with Gasteiger partial charge in [-0.15, -0.1) is 0 Å². The third kappa shape index (κ3) is 2.53. The fourth-order valence-corrected chi connectivity index (χ4v) is 2.79. The van der Waals surface area contributed by atoms with Crippen LogP contribution in [0.4, 0.5) is 0 Å². The molecule has 1 unspecified atom stereocenters. The van der Waals surface area contributed by atoms with Crippen LogP contribution in [-0.4, -0.2) is 18.2 Å². The fraction of sp³-hybridized carbons (Fsp3) is 0.600. The highest BCUT2D eigenvalue weighted by atomic mass is 16.3. The predicted molar refractivity (Wildman–Crippen MR) is 68.9 cm³/mol. The Bertz CT molecular complexity index is 374. The summed E-state index contributed by atoms with van der Waals surface area (Å²) in [6.07, 6.45) is 5.69. The van der Waals surface area contributed by atoms with Gasteiger partial charge in [-0.2, -0.15) is 0 Å². The van der Waals surface area contributed by atoms with Crippen molar-refractivity contribution in [3.05, 3.63) is 35.4 Å². The molecule has 0 spiro atoms. The van der Waals surface area contributed by atoms with Gasteiger partial charge in [-0.05, 0) is 62.2 Å². The number of rotatable bonds is 3. The highest BCUT2D eigenvalue weighted by Crippen LogP contribution is 2.45. The van der Waals surface area contributed by atoms with Crippen molar-refractivity contribution in [1.29, 1.82) is 0 Å². The molecule has 1 saturated heterocycles. The summed E-state index contributed by atoms with van der Waals surface area (Å²) in [6, 6.07) is 8.61. The minimum atomic E-state index is -0.481. The van der Waals surface area contributed by atoms with E-state index in [2.05, 4.69) is 29.6 Å². The lowest BCUT2D eigenvalue weighted by atomic mass is 9.91. The zero-order chi connectivity index (χ0) is 11.7. The Labute approximate surface area is 103 Å². The van der Waals surface area contributed by atoms with Crippen molar-refractivity contribution in [2.75, 3.05) is 13.1 Å². The Morgan fingerprint density at radius 2 is 2.00 bits per heavy atom. The van der Waals surface area contributed by atoms with Crippen LogP contribution >= 0.6 is 0 Å². The van der Waals surface area contributed by atoms with Crippen molar-refractivity contribution in [2.24, 2.45) is 5.92 Å². The number of hydrogen-bond acceptors (Lipinski definition) is 2. The van der Waals surface area contributed by atoms with Crippen LogP contribution < -0.4 is 5.32 Å². The molecule has 2 nitrogen and oxygen atoms in total. The lowest BCUT2D eigenvalue weighted by Crippen LogP contribution is -2.30. The molecule has 0 amide bonds. The first-order chi connectivity index (χ1) is 8.26. The van der Waals surface area contributed by atoms with Gasteiger partial charge in [0.2, 0.25) is 0 Å². The summed E-state index contributed by atoms with van der Waals surface area (Å²) in [6.45, 7) is 2.34. The van der Waals surface area contributed by atoms with Gasteiger partial charge < -0.3 is 10.4 Å². The molecule has 1 heterocycles. The van der Waals surface area contributed by atoms with Gasteiger partial charge in [0.15, 0.2) is 0 Å². The zero-order valence-electron chi connectivity index (χ0n) is 10.3. The predicted octanol–water partition coefficient (Wildman–Crippen LogP) is 2.21. The summed E-state index contributed by atoms with van der Waals surface area (Å²) in [4.78, 5) is 0. The number of nitrogens with one attached hydrogen (secondary N) is 1. The van der Waals surface area contributed by atoms with Gasteiger partial charge in [0.25, 0.3) is 0 Å². The summed E-state index contributed by atoms with van der Waals surface area (Å²) in [5, 5.41) is 13.5. The van der Waals surface area contributed by atoms with E-state index in [1.54, 1.807) is 0 Å². The normalized spacial score (nSPS) is 26.8. The second kappa shape index (κ2) is 4.43. The van der Waals surface area contributed by atoms with Crippen LogP contribution in [0, 0.1) is 5.92 Å². The lowest BCUT2D eigenvalue weighted by molar-refractivity contribution is 0.151. The van der Waals surface area contributed by atoms with E-state index < -0.39 is 5.60 Å². The molecule has 2 heteroatoms. The molecular weight excluding hydrogens is 210 g/mol. The topological polar surface area (TPSA) is 32.3 Å². The van der Waals surface area contributed by atoms with Crippen molar-refractivity contribution in [3.8, 4) is 0 Å². The van der Waals surface area contributed by atoms with Crippen molar-refractivity contribution in [3.63, 3.8) is 0 Å². The fourth-order valence-electron chi connectivity index (χ4n) is 2.79. The van der Waals surface area contributed by atoms with Crippen LogP contribution in [0.15, 0.2) is 24.3 Å². The maximum atomic E-state index is 10.0. The summed E-state index contributed by atoms with van der Waals surface area (Å²) in [7, 11) is 0. The van der Waals surface area contributed by atoms with Crippen LogP contribution in [0.5, 0.6) is 0 Å². The van der Waals surface area contributed by atoms with E-state index in [-0.39, 0.29) is 0 Å².